The van der Waals surface area contributed by atoms with E-state index < -0.39 is 0 Å². The van der Waals surface area contributed by atoms with Gasteiger partial charge in [-0.15, -0.1) is 0 Å². The second kappa shape index (κ2) is 9.81. The van der Waals surface area contributed by atoms with Gasteiger partial charge < -0.3 is 14.6 Å². The molecule has 1 N–H and O–H groups in total. The molecular weight excluding hydrogens is 404 g/mol. The maximum atomic E-state index is 13.2. The highest BCUT2D eigenvalue weighted by Crippen LogP contribution is 2.30. The number of nitrogens with one attached hydrogen (secondary N) is 1. The third-order valence-corrected chi connectivity index (χ3v) is 6.02. The first-order valence-electron chi connectivity index (χ1n) is 11.3. The van der Waals surface area contributed by atoms with Gasteiger partial charge in [-0.3, -0.25) is 9.59 Å². The van der Waals surface area contributed by atoms with Crippen LogP contribution in [-0.2, 0) is 16.1 Å². The summed E-state index contributed by atoms with van der Waals surface area (Å²) < 4.78 is 6.82. The van der Waals surface area contributed by atoms with Gasteiger partial charge in [0.25, 0.3) is 0 Å². The fourth-order valence-corrected chi connectivity index (χ4v) is 4.42. The highest BCUT2D eigenvalue weighted by atomic mass is 16.5. The molecule has 1 aliphatic rings. The Morgan fingerprint density at radius 1 is 1.00 bits per heavy atom. The molecular formula is C26H28N2O4. The van der Waals surface area contributed by atoms with Crippen LogP contribution in [0, 0.1) is 5.92 Å². The number of hydrogen-bond donors (Lipinski definition) is 1. The van der Waals surface area contributed by atoms with Crippen molar-refractivity contribution >= 4 is 34.3 Å². The standard InChI is InChI=1S/C26H28N2O4/c1-2-32-26(31)19-12-14-20(15-13-19)27-24(29)17-28-16-22(21-10-6-7-11-23(21)28)25(30)18-8-4-3-5-9-18/h6-7,10-16,18H,2-5,8-9,17H2,1H3,(H,27,29). The molecule has 3 aromatic rings. The fourth-order valence-electron chi connectivity index (χ4n) is 4.42. The van der Waals surface area contributed by atoms with Gasteiger partial charge in [-0.05, 0) is 50.1 Å². The van der Waals surface area contributed by atoms with Crippen LogP contribution in [0.3, 0.4) is 0 Å². The Labute approximate surface area is 187 Å². The number of carbonyl (C=O) groups excluding carboxylic acids is 3. The third-order valence-electron chi connectivity index (χ3n) is 6.02. The Morgan fingerprint density at radius 2 is 1.72 bits per heavy atom. The van der Waals surface area contributed by atoms with Crippen LogP contribution in [0.1, 0.15) is 59.7 Å². The molecule has 32 heavy (non-hydrogen) atoms. The molecule has 0 aliphatic heterocycles. The number of anilines is 1. The lowest BCUT2D eigenvalue weighted by Gasteiger charge is -2.19. The SMILES string of the molecule is CCOC(=O)c1ccc(NC(=O)Cn2cc(C(=O)C3CCCCC3)c3ccccc32)cc1. The fraction of sp³-hybridized carbons (Fsp3) is 0.346. The maximum absolute atomic E-state index is 13.2. The van der Waals surface area contributed by atoms with E-state index in [2.05, 4.69) is 5.32 Å². The number of rotatable bonds is 7. The zero-order valence-corrected chi connectivity index (χ0v) is 18.3. The molecule has 0 atom stereocenters. The van der Waals surface area contributed by atoms with E-state index in [1.54, 1.807) is 31.2 Å². The van der Waals surface area contributed by atoms with Gasteiger partial charge >= 0.3 is 5.97 Å². The lowest BCUT2D eigenvalue weighted by atomic mass is 9.84. The predicted molar refractivity (Wildman–Crippen MR) is 124 cm³/mol. The summed E-state index contributed by atoms with van der Waals surface area (Å²) in [6, 6.07) is 14.3. The Hall–Kier alpha value is -3.41. The topological polar surface area (TPSA) is 77.4 Å². The molecule has 6 heteroatoms. The average Bonchev–Trinajstić information content (AvgIpc) is 3.18. The van der Waals surface area contributed by atoms with Crippen molar-refractivity contribution in [1.82, 2.24) is 4.57 Å². The van der Waals surface area contributed by atoms with Crippen LogP contribution >= 0.6 is 0 Å². The minimum absolute atomic E-state index is 0.0785. The molecule has 166 valence electrons. The van der Waals surface area contributed by atoms with Gasteiger partial charge in [-0.2, -0.15) is 0 Å². The highest BCUT2D eigenvalue weighted by Gasteiger charge is 2.25. The zero-order valence-electron chi connectivity index (χ0n) is 18.3. The predicted octanol–water partition coefficient (Wildman–Crippen LogP) is 5.22. The Kier molecular flexibility index (Phi) is 6.69. The van der Waals surface area contributed by atoms with Crippen LogP contribution < -0.4 is 5.32 Å². The maximum Gasteiger partial charge on any atom is 0.338 e. The van der Waals surface area contributed by atoms with Crippen LogP contribution in [0.5, 0.6) is 0 Å². The Morgan fingerprint density at radius 3 is 2.44 bits per heavy atom. The number of aromatic nitrogens is 1. The Bertz CT molecular complexity index is 1120. The number of hydrogen-bond acceptors (Lipinski definition) is 4. The number of carbonyl (C=O) groups is 3. The average molecular weight is 433 g/mol. The molecule has 0 unspecified atom stereocenters. The number of ketones is 1. The van der Waals surface area contributed by atoms with Gasteiger partial charge in [0.05, 0.1) is 12.2 Å². The summed E-state index contributed by atoms with van der Waals surface area (Å²) in [5.41, 5.74) is 2.61. The van der Waals surface area contributed by atoms with E-state index in [0.29, 0.717) is 23.4 Å². The van der Waals surface area contributed by atoms with E-state index in [1.807, 2.05) is 35.0 Å². The van der Waals surface area contributed by atoms with E-state index in [1.165, 1.54) is 6.42 Å². The van der Waals surface area contributed by atoms with Crippen molar-refractivity contribution in [3.05, 3.63) is 65.9 Å². The molecule has 0 spiro atoms. The molecule has 0 saturated heterocycles. The first-order valence-corrected chi connectivity index (χ1v) is 11.3. The number of fused-ring (bicyclic) bond motifs is 1. The largest absolute Gasteiger partial charge is 0.462 e. The molecule has 1 fully saturated rings. The molecule has 1 aromatic heterocycles. The summed E-state index contributed by atoms with van der Waals surface area (Å²) >= 11 is 0. The first-order chi connectivity index (χ1) is 15.6. The van der Waals surface area contributed by atoms with Crippen molar-refractivity contribution in [3.63, 3.8) is 0 Å². The Balaban J connectivity index is 1.49. The first kappa shape index (κ1) is 21.8. The van der Waals surface area contributed by atoms with Gasteiger partial charge in [0.1, 0.15) is 6.54 Å². The van der Waals surface area contributed by atoms with Gasteiger partial charge in [-0.25, -0.2) is 4.79 Å². The van der Waals surface area contributed by atoms with Gasteiger partial charge in [0.15, 0.2) is 5.78 Å². The van der Waals surface area contributed by atoms with E-state index in [4.69, 9.17) is 4.74 Å². The van der Waals surface area contributed by atoms with Gasteiger partial charge in [0, 0.05) is 34.3 Å². The number of nitrogens with zero attached hydrogens (tertiary/aromatic N) is 1. The molecule has 6 nitrogen and oxygen atoms in total. The number of para-hydroxylation sites is 1. The minimum Gasteiger partial charge on any atom is -0.462 e. The number of Topliss-reactive ketones (excluding diaryl/α,β-unsaturated/α-hetero) is 1. The lowest BCUT2D eigenvalue weighted by Crippen LogP contribution is -2.19. The second-order valence-corrected chi connectivity index (χ2v) is 8.23. The third kappa shape index (κ3) is 4.74. The minimum atomic E-state index is -0.389. The quantitative estimate of drug-likeness (QED) is 0.410. The van der Waals surface area contributed by atoms with Gasteiger partial charge in [-0.1, -0.05) is 37.5 Å². The van der Waals surface area contributed by atoms with Crippen LogP contribution in [0.25, 0.3) is 10.9 Å². The van der Waals surface area contributed by atoms with E-state index >= 15 is 0 Å². The summed E-state index contributed by atoms with van der Waals surface area (Å²) in [6.45, 7) is 2.16. The second-order valence-electron chi connectivity index (χ2n) is 8.23. The number of esters is 1. The van der Waals surface area contributed by atoms with Gasteiger partial charge in [0.2, 0.25) is 5.91 Å². The van der Waals surface area contributed by atoms with Crippen molar-refractivity contribution in [2.75, 3.05) is 11.9 Å². The van der Waals surface area contributed by atoms with Crippen molar-refractivity contribution < 1.29 is 19.1 Å². The normalized spacial score (nSPS) is 14.3. The number of ether oxygens (including phenoxy) is 1. The van der Waals surface area contributed by atoms with Crippen LogP contribution in [-0.4, -0.2) is 28.8 Å². The molecule has 1 amide bonds. The van der Waals surface area contributed by atoms with Crippen molar-refractivity contribution in [3.8, 4) is 0 Å². The van der Waals surface area contributed by atoms with E-state index in [0.717, 1.165) is 36.6 Å². The molecule has 2 aromatic carbocycles. The zero-order chi connectivity index (χ0) is 22.5. The molecule has 4 rings (SSSR count). The number of amides is 1. The highest BCUT2D eigenvalue weighted by molar-refractivity contribution is 6.09. The van der Waals surface area contributed by atoms with Crippen molar-refractivity contribution in [2.45, 2.75) is 45.6 Å². The van der Waals surface area contributed by atoms with Crippen LogP contribution in [0.4, 0.5) is 5.69 Å². The summed E-state index contributed by atoms with van der Waals surface area (Å²) in [5.74, 6) is -0.324. The summed E-state index contributed by atoms with van der Waals surface area (Å²) in [5, 5.41) is 3.76. The molecule has 0 bridgehead atoms. The van der Waals surface area contributed by atoms with Crippen molar-refractivity contribution in [2.24, 2.45) is 5.92 Å². The number of benzene rings is 2. The van der Waals surface area contributed by atoms with Crippen LogP contribution in [0.2, 0.25) is 0 Å². The van der Waals surface area contributed by atoms with E-state index in [-0.39, 0.29) is 30.1 Å². The lowest BCUT2D eigenvalue weighted by molar-refractivity contribution is -0.116. The molecule has 1 heterocycles. The summed E-state index contributed by atoms with van der Waals surface area (Å²) in [6.07, 6.45) is 7.12. The molecule has 1 saturated carbocycles. The monoisotopic (exact) mass is 432 g/mol. The smallest absolute Gasteiger partial charge is 0.338 e. The molecule has 1 aliphatic carbocycles. The van der Waals surface area contributed by atoms with E-state index in [9.17, 15) is 14.4 Å². The van der Waals surface area contributed by atoms with Crippen molar-refractivity contribution in [1.29, 1.82) is 0 Å². The summed E-state index contributed by atoms with van der Waals surface area (Å²) in [7, 11) is 0. The van der Waals surface area contributed by atoms with Crippen LogP contribution in [0.15, 0.2) is 54.7 Å². The summed E-state index contributed by atoms with van der Waals surface area (Å²) in [4.78, 5) is 37.7. The molecule has 0 radical (unpaired) electrons.